The molecule has 3 aromatic rings. The van der Waals surface area contributed by atoms with E-state index in [1.165, 1.54) is 4.90 Å². The number of ether oxygens (including phenoxy) is 1. The van der Waals surface area contributed by atoms with Gasteiger partial charge in [-0.05, 0) is 66.3 Å². The molecule has 1 N–H and O–H groups in total. The van der Waals surface area contributed by atoms with E-state index in [4.69, 9.17) is 9.72 Å². The van der Waals surface area contributed by atoms with Crippen LogP contribution in [0.5, 0.6) is 0 Å². The normalized spacial score (nSPS) is 18.2. The van der Waals surface area contributed by atoms with E-state index in [1.54, 1.807) is 4.68 Å². The van der Waals surface area contributed by atoms with E-state index in [9.17, 15) is 18.0 Å². The zero-order valence-electron chi connectivity index (χ0n) is 21.5. The highest BCUT2D eigenvalue weighted by Gasteiger charge is 2.36. The van der Waals surface area contributed by atoms with Crippen molar-refractivity contribution in [1.29, 1.82) is 0 Å². The van der Waals surface area contributed by atoms with E-state index >= 15 is 0 Å². The third-order valence-corrected chi connectivity index (χ3v) is 7.02. The molecule has 2 aromatic heterocycles. The Morgan fingerprint density at radius 1 is 1.11 bits per heavy atom. The number of likely N-dealkylation sites (tertiary alicyclic amines) is 1. The minimum Gasteiger partial charge on any atom is -0.378 e. The summed E-state index contributed by atoms with van der Waals surface area (Å²) in [6.45, 7) is 5.14. The quantitative estimate of drug-likeness (QED) is 0.499. The molecule has 4 heterocycles. The van der Waals surface area contributed by atoms with Crippen molar-refractivity contribution in [2.24, 2.45) is 13.0 Å². The Kier molecular flexibility index (Phi) is 7.29. The molecule has 1 unspecified atom stereocenters. The predicted octanol–water partition coefficient (Wildman–Crippen LogP) is 5.10. The fourth-order valence-corrected chi connectivity index (χ4v) is 5.03. The average molecular weight is 529 g/mol. The minimum absolute atomic E-state index is 0.102. The van der Waals surface area contributed by atoms with Crippen molar-refractivity contribution in [3.63, 3.8) is 0 Å². The number of hydrogen-bond acceptors (Lipinski definition) is 5. The number of nitrogens with zero attached hydrogens (tertiary/aromatic N) is 5. The van der Waals surface area contributed by atoms with E-state index in [0.717, 1.165) is 47.0 Å². The van der Waals surface area contributed by atoms with Crippen LogP contribution < -0.4 is 10.2 Å². The Morgan fingerprint density at radius 2 is 1.89 bits per heavy atom. The molecule has 0 aliphatic carbocycles. The third kappa shape index (κ3) is 6.09. The van der Waals surface area contributed by atoms with Gasteiger partial charge in [-0.3, -0.25) is 4.68 Å². The number of carbonyl (C=O) groups excluding carboxylic acids is 1. The molecule has 38 heavy (non-hydrogen) atoms. The van der Waals surface area contributed by atoms with Crippen molar-refractivity contribution < 1.29 is 22.7 Å². The van der Waals surface area contributed by atoms with Gasteiger partial charge in [0.1, 0.15) is 11.5 Å². The molecule has 11 heteroatoms. The number of nitrogens with one attached hydrogen (secondary N) is 1. The number of hydrogen-bond donors (Lipinski definition) is 1. The molecule has 0 bridgehead atoms. The summed E-state index contributed by atoms with van der Waals surface area (Å²) in [5.74, 6) is 0.267. The summed E-state index contributed by atoms with van der Waals surface area (Å²) in [7, 11) is 1.86. The SMILES string of the molecule is Cc1ccc(NC(=O)N2CCC(CC(F)(F)F)C2)cc1-c1cc(-c2ccn(C)n2)nc(N2CCOCC2)c1. The number of benzene rings is 1. The van der Waals surface area contributed by atoms with Gasteiger partial charge in [0.05, 0.1) is 18.9 Å². The lowest BCUT2D eigenvalue weighted by molar-refractivity contribution is -0.143. The van der Waals surface area contributed by atoms with Crippen molar-refractivity contribution in [2.75, 3.05) is 49.6 Å². The molecule has 1 aromatic carbocycles. The molecule has 2 aliphatic heterocycles. The molecule has 2 amide bonds. The zero-order valence-corrected chi connectivity index (χ0v) is 21.5. The van der Waals surface area contributed by atoms with E-state index in [0.29, 0.717) is 31.9 Å². The molecule has 2 fully saturated rings. The number of halogens is 3. The zero-order chi connectivity index (χ0) is 26.9. The lowest BCUT2D eigenvalue weighted by atomic mass is 9.99. The summed E-state index contributed by atoms with van der Waals surface area (Å²) in [6, 6.07) is 11.2. The Hall–Kier alpha value is -3.60. The summed E-state index contributed by atoms with van der Waals surface area (Å²) < 4.78 is 45.6. The smallest absolute Gasteiger partial charge is 0.378 e. The van der Waals surface area contributed by atoms with Crippen molar-refractivity contribution in [2.45, 2.75) is 25.9 Å². The van der Waals surface area contributed by atoms with Gasteiger partial charge >= 0.3 is 12.2 Å². The van der Waals surface area contributed by atoms with Crippen molar-refractivity contribution in [1.82, 2.24) is 19.7 Å². The molecule has 0 saturated carbocycles. The van der Waals surface area contributed by atoms with Gasteiger partial charge in [-0.1, -0.05) is 6.07 Å². The topological polar surface area (TPSA) is 75.5 Å². The number of pyridine rings is 1. The number of urea groups is 1. The van der Waals surface area contributed by atoms with Crippen LogP contribution in [0.15, 0.2) is 42.6 Å². The number of anilines is 2. The van der Waals surface area contributed by atoms with Gasteiger partial charge in [0.25, 0.3) is 0 Å². The van der Waals surface area contributed by atoms with Crippen LogP contribution in [0.25, 0.3) is 22.5 Å². The molecular formula is C27H31F3N6O2. The van der Waals surface area contributed by atoms with E-state index in [1.807, 2.05) is 56.6 Å². The molecular weight excluding hydrogens is 497 g/mol. The molecule has 5 rings (SSSR count). The summed E-state index contributed by atoms with van der Waals surface area (Å²) in [4.78, 5) is 21.4. The van der Waals surface area contributed by atoms with Crippen molar-refractivity contribution >= 4 is 17.5 Å². The van der Waals surface area contributed by atoms with Gasteiger partial charge in [0, 0.05) is 51.5 Å². The van der Waals surface area contributed by atoms with E-state index < -0.39 is 18.5 Å². The van der Waals surface area contributed by atoms with E-state index in [-0.39, 0.29) is 12.6 Å². The van der Waals surface area contributed by atoms with Gasteiger partial charge < -0.3 is 19.9 Å². The molecule has 8 nitrogen and oxygen atoms in total. The van der Waals surface area contributed by atoms with Gasteiger partial charge in [0.15, 0.2) is 0 Å². The van der Waals surface area contributed by atoms with Crippen LogP contribution in [-0.4, -0.2) is 71.3 Å². The Morgan fingerprint density at radius 3 is 2.61 bits per heavy atom. The number of morpholine rings is 1. The van der Waals surface area contributed by atoms with Crippen LogP contribution in [0, 0.1) is 12.8 Å². The van der Waals surface area contributed by atoms with Gasteiger partial charge in [-0.2, -0.15) is 18.3 Å². The number of aromatic nitrogens is 3. The number of alkyl halides is 3. The summed E-state index contributed by atoms with van der Waals surface area (Å²) in [6.07, 6.45) is -2.86. The molecule has 1 atom stereocenters. The fourth-order valence-electron chi connectivity index (χ4n) is 5.03. The predicted molar refractivity (Wildman–Crippen MR) is 139 cm³/mol. The maximum absolute atomic E-state index is 12.9. The Bertz CT molecular complexity index is 1300. The number of aryl methyl sites for hydroxylation is 2. The minimum atomic E-state index is -4.22. The standard InChI is InChI=1S/C27H31F3N6O2/c1-18-3-4-21(31-26(37)36-8-5-19(17-36)16-27(28,29)30)15-22(18)20-13-24(23-6-7-34(2)33-23)32-25(14-20)35-9-11-38-12-10-35/h3-4,6-7,13-15,19H,5,8-12,16-17H2,1-2H3,(H,31,37). The Balaban J connectivity index is 1.41. The highest BCUT2D eigenvalue weighted by Crippen LogP contribution is 2.34. The molecule has 2 aliphatic rings. The second-order valence-electron chi connectivity index (χ2n) is 9.95. The van der Waals surface area contributed by atoms with Gasteiger partial charge in [-0.15, -0.1) is 0 Å². The maximum Gasteiger partial charge on any atom is 0.389 e. The van der Waals surface area contributed by atoms with Crippen LogP contribution in [0.4, 0.5) is 29.5 Å². The first-order chi connectivity index (χ1) is 18.1. The van der Waals surface area contributed by atoms with Gasteiger partial charge in [0.2, 0.25) is 0 Å². The molecule has 202 valence electrons. The van der Waals surface area contributed by atoms with Crippen LogP contribution in [0.1, 0.15) is 18.4 Å². The second-order valence-corrected chi connectivity index (χ2v) is 9.95. The number of amides is 2. The molecule has 0 spiro atoms. The average Bonchev–Trinajstić information content (AvgIpc) is 3.53. The fraction of sp³-hybridized carbons (Fsp3) is 0.444. The lowest BCUT2D eigenvalue weighted by Gasteiger charge is -2.28. The van der Waals surface area contributed by atoms with Crippen LogP contribution in [0.2, 0.25) is 0 Å². The number of carbonyl (C=O) groups is 1. The van der Waals surface area contributed by atoms with Crippen LogP contribution >= 0.6 is 0 Å². The summed E-state index contributed by atoms with van der Waals surface area (Å²) in [5, 5.41) is 7.41. The highest BCUT2D eigenvalue weighted by atomic mass is 19.4. The first-order valence-corrected chi connectivity index (χ1v) is 12.7. The molecule has 0 radical (unpaired) electrons. The second kappa shape index (κ2) is 10.6. The van der Waals surface area contributed by atoms with Crippen molar-refractivity contribution in [3.05, 3.63) is 48.2 Å². The monoisotopic (exact) mass is 528 g/mol. The number of rotatable bonds is 5. The van der Waals surface area contributed by atoms with Crippen LogP contribution in [-0.2, 0) is 11.8 Å². The van der Waals surface area contributed by atoms with Crippen molar-refractivity contribution in [3.8, 4) is 22.5 Å². The van der Waals surface area contributed by atoms with Gasteiger partial charge in [-0.25, -0.2) is 9.78 Å². The summed E-state index contributed by atoms with van der Waals surface area (Å²) >= 11 is 0. The molecule has 2 saturated heterocycles. The highest BCUT2D eigenvalue weighted by molar-refractivity contribution is 5.91. The third-order valence-electron chi connectivity index (χ3n) is 7.02. The largest absolute Gasteiger partial charge is 0.389 e. The lowest BCUT2D eigenvalue weighted by Crippen LogP contribution is -2.36. The summed E-state index contributed by atoms with van der Waals surface area (Å²) in [5.41, 5.74) is 4.95. The van der Waals surface area contributed by atoms with Crippen LogP contribution in [0.3, 0.4) is 0 Å². The Labute approximate surface area is 219 Å². The van der Waals surface area contributed by atoms with E-state index in [2.05, 4.69) is 15.3 Å². The first-order valence-electron chi connectivity index (χ1n) is 12.7. The maximum atomic E-state index is 12.9. The first kappa shape index (κ1) is 26.0.